The molecule has 0 spiro atoms. The molecule has 0 saturated carbocycles. The molecule has 1 N–H and O–H groups in total. The molecule has 0 radical (unpaired) electrons. The van der Waals surface area contributed by atoms with Gasteiger partial charge in [0.2, 0.25) is 0 Å². The zero-order chi connectivity index (χ0) is 8.81. The van der Waals surface area contributed by atoms with Gasteiger partial charge in [-0.2, -0.15) is 0 Å². The lowest BCUT2D eigenvalue weighted by molar-refractivity contribution is 0.0953. The largest absolute Gasteiger partial charge is 0.472 e. The Kier molecular flexibility index (Phi) is 3.67. The number of rotatable bonds is 4. The molecule has 1 rings (SSSR count). The van der Waals surface area contributed by atoms with Gasteiger partial charge in [0, 0.05) is 12.4 Å². The number of hydrogen-bond donors (Lipinski definition) is 1. The number of nitrogens with one attached hydrogen (secondary N) is 1. The lowest BCUT2D eigenvalue weighted by atomic mass is 10.3. The van der Waals surface area contributed by atoms with Crippen LogP contribution in [0.4, 0.5) is 0 Å². The molecular weight excluding hydrogens is 178 g/mol. The fourth-order valence-corrected chi connectivity index (χ4v) is 0.898. The van der Waals surface area contributed by atoms with Crippen LogP contribution >= 0.6 is 11.6 Å². The maximum atomic E-state index is 11.2. The first-order chi connectivity index (χ1) is 5.84. The molecule has 12 heavy (non-hydrogen) atoms. The maximum Gasteiger partial charge on any atom is 0.254 e. The third-order valence-electron chi connectivity index (χ3n) is 1.38. The van der Waals surface area contributed by atoms with Gasteiger partial charge < -0.3 is 9.73 Å². The molecule has 66 valence electrons. The molecule has 0 atom stereocenters. The minimum Gasteiger partial charge on any atom is -0.472 e. The molecule has 0 aliphatic heterocycles. The quantitative estimate of drug-likeness (QED) is 0.575. The number of halogens is 1. The first-order valence-corrected chi connectivity index (χ1v) is 4.24. The predicted molar refractivity (Wildman–Crippen MR) is 46.4 cm³/mol. The number of furan rings is 1. The van der Waals surface area contributed by atoms with Crippen LogP contribution < -0.4 is 5.32 Å². The smallest absolute Gasteiger partial charge is 0.254 e. The molecule has 0 bridgehead atoms. The standard InChI is InChI=1S/C8H10ClNO2/c9-3-1-4-10-8(11)7-2-5-12-6-7/h2,5-6H,1,3-4H2,(H,10,11). The SMILES string of the molecule is O=C(NCCCCl)c1ccoc1. The van der Waals surface area contributed by atoms with Crippen molar-refractivity contribution in [2.24, 2.45) is 0 Å². The average molecular weight is 188 g/mol. The summed E-state index contributed by atoms with van der Waals surface area (Å²) in [5.41, 5.74) is 0.546. The van der Waals surface area contributed by atoms with Crippen molar-refractivity contribution in [2.75, 3.05) is 12.4 Å². The lowest BCUT2D eigenvalue weighted by Crippen LogP contribution is -2.24. The Bertz CT molecular complexity index is 233. The molecule has 0 unspecified atom stereocenters. The van der Waals surface area contributed by atoms with Crippen molar-refractivity contribution in [3.63, 3.8) is 0 Å². The summed E-state index contributed by atoms with van der Waals surface area (Å²) in [5, 5.41) is 2.70. The minimum absolute atomic E-state index is 0.117. The van der Waals surface area contributed by atoms with E-state index in [-0.39, 0.29) is 5.91 Å². The van der Waals surface area contributed by atoms with E-state index in [0.717, 1.165) is 6.42 Å². The van der Waals surface area contributed by atoms with Gasteiger partial charge in [-0.05, 0) is 12.5 Å². The summed E-state index contributed by atoms with van der Waals surface area (Å²) in [6.45, 7) is 0.605. The Morgan fingerprint density at radius 2 is 2.50 bits per heavy atom. The van der Waals surface area contributed by atoms with Crippen molar-refractivity contribution in [3.8, 4) is 0 Å². The zero-order valence-corrected chi connectivity index (χ0v) is 7.30. The molecule has 0 fully saturated rings. The van der Waals surface area contributed by atoms with E-state index in [4.69, 9.17) is 16.0 Å². The van der Waals surface area contributed by atoms with Crippen molar-refractivity contribution >= 4 is 17.5 Å². The first-order valence-electron chi connectivity index (χ1n) is 3.71. The van der Waals surface area contributed by atoms with Gasteiger partial charge in [0.25, 0.3) is 5.91 Å². The first kappa shape index (κ1) is 9.13. The van der Waals surface area contributed by atoms with Crippen LogP contribution in [0, 0.1) is 0 Å². The van der Waals surface area contributed by atoms with Gasteiger partial charge in [0.15, 0.2) is 0 Å². The van der Waals surface area contributed by atoms with Gasteiger partial charge in [0.1, 0.15) is 6.26 Å². The third-order valence-corrected chi connectivity index (χ3v) is 1.65. The van der Waals surface area contributed by atoms with E-state index in [1.54, 1.807) is 6.07 Å². The van der Waals surface area contributed by atoms with Crippen molar-refractivity contribution in [2.45, 2.75) is 6.42 Å². The summed E-state index contributed by atoms with van der Waals surface area (Å²) in [6.07, 6.45) is 3.66. The van der Waals surface area contributed by atoms with E-state index in [1.807, 2.05) is 0 Å². The van der Waals surface area contributed by atoms with E-state index in [0.29, 0.717) is 18.0 Å². The van der Waals surface area contributed by atoms with Crippen molar-refractivity contribution in [3.05, 3.63) is 24.2 Å². The molecule has 3 nitrogen and oxygen atoms in total. The fraction of sp³-hybridized carbons (Fsp3) is 0.375. The summed E-state index contributed by atoms with van der Waals surface area (Å²) < 4.78 is 4.76. The molecule has 4 heteroatoms. The van der Waals surface area contributed by atoms with Crippen molar-refractivity contribution in [1.29, 1.82) is 0 Å². The van der Waals surface area contributed by atoms with Gasteiger partial charge in [0.05, 0.1) is 11.8 Å². The Hall–Kier alpha value is -0.960. The Balaban J connectivity index is 2.30. The maximum absolute atomic E-state index is 11.2. The molecule has 1 aromatic rings. The lowest BCUT2D eigenvalue weighted by Gasteiger charge is -1.99. The van der Waals surface area contributed by atoms with E-state index < -0.39 is 0 Å². The highest BCUT2D eigenvalue weighted by Crippen LogP contribution is 1.98. The monoisotopic (exact) mass is 187 g/mol. The van der Waals surface area contributed by atoms with Crippen LogP contribution in [0.2, 0.25) is 0 Å². The Morgan fingerprint density at radius 1 is 1.67 bits per heavy atom. The number of carbonyl (C=O) groups is 1. The van der Waals surface area contributed by atoms with E-state index in [9.17, 15) is 4.79 Å². The highest BCUT2D eigenvalue weighted by molar-refractivity contribution is 6.17. The average Bonchev–Trinajstić information content (AvgIpc) is 2.56. The molecule has 1 aromatic heterocycles. The molecule has 0 saturated heterocycles. The second-order valence-electron chi connectivity index (χ2n) is 2.31. The third kappa shape index (κ3) is 2.58. The van der Waals surface area contributed by atoms with E-state index in [1.165, 1.54) is 12.5 Å². The highest BCUT2D eigenvalue weighted by Gasteiger charge is 2.04. The number of carbonyl (C=O) groups excluding carboxylic acids is 1. The zero-order valence-electron chi connectivity index (χ0n) is 6.55. The second kappa shape index (κ2) is 4.83. The fourth-order valence-electron chi connectivity index (χ4n) is 0.764. The summed E-state index contributed by atoms with van der Waals surface area (Å²) >= 11 is 5.44. The van der Waals surface area contributed by atoms with Gasteiger partial charge in [-0.3, -0.25) is 4.79 Å². The molecule has 0 aliphatic rings. The summed E-state index contributed by atoms with van der Waals surface area (Å²) in [7, 11) is 0. The molecule has 1 heterocycles. The molecular formula is C8H10ClNO2. The van der Waals surface area contributed by atoms with Crippen LogP contribution in [0.25, 0.3) is 0 Å². The number of hydrogen-bond acceptors (Lipinski definition) is 2. The predicted octanol–water partition coefficient (Wildman–Crippen LogP) is 1.64. The second-order valence-corrected chi connectivity index (χ2v) is 2.69. The summed E-state index contributed by atoms with van der Waals surface area (Å²) in [6, 6.07) is 1.62. The Labute approximate surface area is 75.7 Å². The molecule has 0 aromatic carbocycles. The van der Waals surface area contributed by atoms with Gasteiger partial charge >= 0.3 is 0 Å². The molecule has 1 amide bonds. The number of alkyl halides is 1. The van der Waals surface area contributed by atoms with Crippen LogP contribution in [0.1, 0.15) is 16.8 Å². The van der Waals surface area contributed by atoms with Crippen LogP contribution in [0.3, 0.4) is 0 Å². The summed E-state index contributed by atoms with van der Waals surface area (Å²) in [4.78, 5) is 11.2. The highest BCUT2D eigenvalue weighted by atomic mass is 35.5. The van der Waals surface area contributed by atoms with Crippen LogP contribution in [0.5, 0.6) is 0 Å². The van der Waals surface area contributed by atoms with Gasteiger partial charge in [-0.15, -0.1) is 11.6 Å². The van der Waals surface area contributed by atoms with Crippen LogP contribution in [-0.4, -0.2) is 18.3 Å². The van der Waals surface area contributed by atoms with E-state index in [2.05, 4.69) is 5.32 Å². The van der Waals surface area contributed by atoms with Gasteiger partial charge in [-0.25, -0.2) is 0 Å². The van der Waals surface area contributed by atoms with Gasteiger partial charge in [-0.1, -0.05) is 0 Å². The summed E-state index contributed by atoms with van der Waals surface area (Å²) in [5.74, 6) is 0.444. The minimum atomic E-state index is -0.117. The van der Waals surface area contributed by atoms with E-state index >= 15 is 0 Å². The topological polar surface area (TPSA) is 42.2 Å². The Morgan fingerprint density at radius 3 is 3.08 bits per heavy atom. The van der Waals surface area contributed by atoms with Crippen LogP contribution in [-0.2, 0) is 0 Å². The van der Waals surface area contributed by atoms with Crippen molar-refractivity contribution in [1.82, 2.24) is 5.32 Å². The van der Waals surface area contributed by atoms with Crippen LogP contribution in [0.15, 0.2) is 23.0 Å². The molecule has 0 aliphatic carbocycles. The van der Waals surface area contributed by atoms with Crippen molar-refractivity contribution < 1.29 is 9.21 Å². The number of amides is 1. The normalized spacial score (nSPS) is 9.75.